The van der Waals surface area contributed by atoms with Crippen molar-refractivity contribution in [3.8, 4) is 0 Å². The first kappa shape index (κ1) is 23.3. The second-order valence-electron chi connectivity index (χ2n) is 9.49. The van der Waals surface area contributed by atoms with Crippen molar-refractivity contribution in [2.45, 2.75) is 68.1 Å². The molecule has 12 nitrogen and oxygen atoms in total. The first-order valence-corrected chi connectivity index (χ1v) is 13.2. The van der Waals surface area contributed by atoms with Crippen LogP contribution >= 0.6 is 11.8 Å². The first-order chi connectivity index (χ1) is 17.6. The van der Waals surface area contributed by atoms with Gasteiger partial charge in [0.1, 0.15) is 12.4 Å². The summed E-state index contributed by atoms with van der Waals surface area (Å²) in [5.74, 6) is 1.74. The number of nitrogens with one attached hydrogen (secondary N) is 1. The van der Waals surface area contributed by atoms with Crippen LogP contribution in [0.4, 0.5) is 5.82 Å². The Hall–Kier alpha value is -3.16. The molecule has 0 spiro atoms. The van der Waals surface area contributed by atoms with Crippen molar-refractivity contribution in [3.63, 3.8) is 0 Å². The molecule has 2 aliphatic carbocycles. The van der Waals surface area contributed by atoms with E-state index in [4.69, 9.17) is 9.97 Å². The van der Waals surface area contributed by atoms with E-state index >= 15 is 0 Å². The Kier molecular flexibility index (Phi) is 6.27. The summed E-state index contributed by atoms with van der Waals surface area (Å²) in [5.41, 5.74) is 2.43. The molecule has 0 radical (unpaired) electrons. The Morgan fingerprint density at radius 3 is 2.72 bits per heavy atom. The number of tetrazole rings is 1. The van der Waals surface area contributed by atoms with E-state index in [2.05, 4.69) is 62.3 Å². The normalized spacial score (nSPS) is 27.5. The molecule has 2 aliphatic rings. The number of aliphatic hydroxyl groups excluding tert-OH is 2. The van der Waals surface area contributed by atoms with Gasteiger partial charge in [-0.2, -0.15) is 0 Å². The highest BCUT2D eigenvalue weighted by Crippen LogP contribution is 2.43. The third-order valence-corrected chi connectivity index (χ3v) is 8.03. The van der Waals surface area contributed by atoms with Crippen molar-refractivity contribution in [2.24, 2.45) is 5.92 Å². The summed E-state index contributed by atoms with van der Waals surface area (Å²) in [5, 5.41) is 45.9. The van der Waals surface area contributed by atoms with Gasteiger partial charge in [0, 0.05) is 30.2 Å². The number of thioether (sulfide) groups is 1. The largest absolute Gasteiger partial charge is 0.390 e. The fraction of sp³-hybridized carbons (Fsp3) is 0.522. The average molecular weight is 509 g/mol. The summed E-state index contributed by atoms with van der Waals surface area (Å²) in [6.07, 6.45) is 2.06. The smallest absolute Gasteiger partial charge is 0.191 e. The maximum Gasteiger partial charge on any atom is 0.191 e. The monoisotopic (exact) mass is 508 g/mol. The number of anilines is 1. The van der Waals surface area contributed by atoms with Crippen molar-refractivity contribution in [3.05, 3.63) is 42.2 Å². The summed E-state index contributed by atoms with van der Waals surface area (Å²) in [4.78, 5) is 9.54. The molecule has 13 heteroatoms. The standard InChI is InChI=1S/C23H28N10O2S/c1-2-8-36-23-26-21(25-16-10-15(16)13-6-4-3-5-7-13)18-22(27-23)33(30-28-18)17-9-14(19(34)20(17)35)11-32-12-24-29-31-32/h3-7,12,14-17,19-20,34-35H,2,8-11H2,1H3,(H,25,26,27)/t14-,15+,16-,17-,19-,20+/m1/s1. The van der Waals surface area contributed by atoms with Gasteiger partial charge in [0.15, 0.2) is 22.1 Å². The molecule has 2 fully saturated rings. The molecule has 36 heavy (non-hydrogen) atoms. The van der Waals surface area contributed by atoms with Crippen LogP contribution in [0.2, 0.25) is 0 Å². The van der Waals surface area contributed by atoms with Gasteiger partial charge < -0.3 is 15.5 Å². The highest BCUT2D eigenvalue weighted by atomic mass is 32.2. The lowest BCUT2D eigenvalue weighted by Crippen LogP contribution is -2.31. The summed E-state index contributed by atoms with van der Waals surface area (Å²) in [6, 6.07) is 10.2. The van der Waals surface area contributed by atoms with Crippen LogP contribution in [0.1, 0.15) is 43.7 Å². The van der Waals surface area contributed by atoms with Gasteiger partial charge in [0.25, 0.3) is 0 Å². The predicted molar refractivity (Wildman–Crippen MR) is 132 cm³/mol. The van der Waals surface area contributed by atoms with Crippen LogP contribution in [-0.2, 0) is 6.54 Å². The molecule has 6 atom stereocenters. The fourth-order valence-corrected chi connectivity index (χ4v) is 5.71. The molecule has 1 aromatic carbocycles. The molecule has 0 amide bonds. The Morgan fingerprint density at radius 2 is 1.94 bits per heavy atom. The van der Waals surface area contributed by atoms with Gasteiger partial charge in [-0.05, 0) is 35.3 Å². The molecule has 0 saturated heterocycles. The lowest BCUT2D eigenvalue weighted by atomic mass is 10.1. The van der Waals surface area contributed by atoms with Gasteiger partial charge >= 0.3 is 0 Å². The number of aliphatic hydroxyl groups is 2. The Bertz CT molecular complexity index is 1320. The average Bonchev–Trinajstić information content (AvgIpc) is 3.19. The van der Waals surface area contributed by atoms with Crippen molar-refractivity contribution < 1.29 is 10.2 Å². The highest BCUT2D eigenvalue weighted by molar-refractivity contribution is 7.99. The van der Waals surface area contributed by atoms with Crippen molar-refractivity contribution in [2.75, 3.05) is 11.1 Å². The topological polar surface area (TPSA) is 153 Å². The van der Waals surface area contributed by atoms with Crippen LogP contribution < -0.4 is 5.32 Å². The van der Waals surface area contributed by atoms with E-state index < -0.39 is 18.2 Å². The van der Waals surface area contributed by atoms with E-state index in [9.17, 15) is 10.2 Å². The molecule has 4 aromatic rings. The molecule has 3 aromatic heterocycles. The van der Waals surface area contributed by atoms with Gasteiger partial charge in [-0.1, -0.05) is 54.2 Å². The minimum Gasteiger partial charge on any atom is -0.390 e. The van der Waals surface area contributed by atoms with Crippen LogP contribution in [0, 0.1) is 5.92 Å². The van der Waals surface area contributed by atoms with Crippen molar-refractivity contribution in [1.82, 2.24) is 45.2 Å². The first-order valence-electron chi connectivity index (χ1n) is 12.3. The quantitative estimate of drug-likeness (QED) is 0.223. The molecule has 3 heterocycles. The molecule has 3 N–H and O–H groups in total. The van der Waals surface area contributed by atoms with E-state index in [0.717, 1.165) is 18.6 Å². The lowest BCUT2D eigenvalue weighted by Gasteiger charge is -2.17. The minimum absolute atomic E-state index is 0.237. The fourth-order valence-electron chi connectivity index (χ4n) is 5.02. The van der Waals surface area contributed by atoms with Crippen LogP contribution in [0.15, 0.2) is 41.8 Å². The Labute approximate surface area is 211 Å². The molecule has 0 bridgehead atoms. The molecule has 188 valence electrons. The number of hydrogen-bond donors (Lipinski definition) is 3. The zero-order chi connectivity index (χ0) is 24.6. The number of nitrogens with zero attached hydrogens (tertiary/aromatic N) is 9. The van der Waals surface area contributed by atoms with Crippen LogP contribution in [-0.4, -0.2) is 79.4 Å². The summed E-state index contributed by atoms with van der Waals surface area (Å²) >= 11 is 1.58. The number of rotatable bonds is 9. The van der Waals surface area contributed by atoms with Gasteiger partial charge in [0.2, 0.25) is 0 Å². The van der Waals surface area contributed by atoms with E-state index in [-0.39, 0.29) is 12.0 Å². The number of benzene rings is 1. The SMILES string of the molecule is CCCSc1nc(N[C@@H]2C[C@H]2c2ccccc2)c2nnn([C@@H]3C[C@H](Cn4cnnn4)[C@@H](O)[C@H]3O)c2n1. The van der Waals surface area contributed by atoms with E-state index in [1.54, 1.807) is 21.1 Å². The summed E-state index contributed by atoms with van der Waals surface area (Å²) in [6.45, 7) is 2.52. The van der Waals surface area contributed by atoms with E-state index in [1.165, 1.54) is 11.9 Å². The lowest BCUT2D eigenvalue weighted by molar-refractivity contribution is 0.00150. The zero-order valence-electron chi connectivity index (χ0n) is 19.8. The van der Waals surface area contributed by atoms with Crippen LogP contribution in [0.3, 0.4) is 0 Å². The third kappa shape index (κ3) is 4.42. The number of aromatic nitrogens is 9. The maximum atomic E-state index is 10.9. The van der Waals surface area contributed by atoms with Crippen molar-refractivity contribution in [1.29, 1.82) is 0 Å². The second kappa shape index (κ2) is 9.71. The van der Waals surface area contributed by atoms with E-state index in [1.807, 2.05) is 6.07 Å². The maximum absolute atomic E-state index is 10.9. The molecular formula is C23H28N10O2S. The third-order valence-electron chi connectivity index (χ3n) is 6.98. The molecule has 0 aliphatic heterocycles. The number of fused-ring (bicyclic) bond motifs is 1. The molecule has 0 unspecified atom stereocenters. The molecule has 2 saturated carbocycles. The van der Waals surface area contributed by atoms with Gasteiger partial charge in [-0.3, -0.25) is 0 Å². The van der Waals surface area contributed by atoms with E-state index in [0.29, 0.717) is 41.0 Å². The molecular weight excluding hydrogens is 480 g/mol. The van der Waals surface area contributed by atoms with Gasteiger partial charge in [0.05, 0.1) is 12.1 Å². The Morgan fingerprint density at radius 1 is 1.08 bits per heavy atom. The highest BCUT2D eigenvalue weighted by Gasteiger charge is 2.44. The minimum atomic E-state index is -1.01. The zero-order valence-corrected chi connectivity index (χ0v) is 20.6. The van der Waals surface area contributed by atoms with Gasteiger partial charge in [-0.15, -0.1) is 10.2 Å². The van der Waals surface area contributed by atoms with Gasteiger partial charge in [-0.25, -0.2) is 19.3 Å². The number of hydrogen-bond acceptors (Lipinski definition) is 11. The molecule has 6 rings (SSSR count). The Balaban J connectivity index is 1.29. The predicted octanol–water partition coefficient (Wildman–Crippen LogP) is 1.66. The van der Waals surface area contributed by atoms with Crippen LogP contribution in [0.25, 0.3) is 11.2 Å². The van der Waals surface area contributed by atoms with Crippen LogP contribution in [0.5, 0.6) is 0 Å². The summed E-state index contributed by atoms with van der Waals surface area (Å²) in [7, 11) is 0. The second-order valence-corrected chi connectivity index (χ2v) is 10.6. The van der Waals surface area contributed by atoms with Crippen molar-refractivity contribution >= 4 is 28.7 Å². The summed E-state index contributed by atoms with van der Waals surface area (Å²) < 4.78 is 3.21.